The Morgan fingerprint density at radius 2 is 1.26 bits per heavy atom. The molecule has 6 atom stereocenters. The third-order valence-electron chi connectivity index (χ3n) is 17.4. The van der Waals surface area contributed by atoms with Gasteiger partial charge in [-0.25, -0.2) is 0 Å². The molecule has 490 valence electrons. The highest BCUT2D eigenvalue weighted by Gasteiger charge is 2.45. The van der Waals surface area contributed by atoms with E-state index < -0.39 is 48.5 Å². The summed E-state index contributed by atoms with van der Waals surface area (Å²) in [5.41, 5.74) is 6.97. The van der Waals surface area contributed by atoms with Gasteiger partial charge in [-0.3, -0.25) is 53.3 Å². The molecule has 94 heavy (non-hydrogen) atoms. The van der Waals surface area contributed by atoms with Gasteiger partial charge in [-0.1, -0.05) is 80.9 Å². The average molecular weight is 1280 g/mol. The Balaban J connectivity index is 0.748. The molecule has 0 saturated carbocycles. The van der Waals surface area contributed by atoms with Gasteiger partial charge in [0.15, 0.2) is 29.2 Å². The Bertz CT molecular complexity index is 3930. The van der Waals surface area contributed by atoms with E-state index in [1.54, 1.807) is 67.3 Å². The minimum Gasteiger partial charge on any atom is -0.497 e. The van der Waals surface area contributed by atoms with Crippen LogP contribution in [0.3, 0.4) is 0 Å². The number of methoxy groups -OCH3 is 3. The van der Waals surface area contributed by atoms with Crippen molar-refractivity contribution in [2.45, 2.75) is 129 Å². The number of benzene rings is 5. The van der Waals surface area contributed by atoms with E-state index in [0.29, 0.717) is 83.4 Å². The van der Waals surface area contributed by atoms with E-state index >= 15 is 0 Å². The molecule has 6 heterocycles. The molecule has 6 aromatic rings. The lowest BCUT2D eigenvalue weighted by Gasteiger charge is -2.41. The number of unbranched alkanes of at least 4 members (excludes halogenated alkanes) is 2. The van der Waals surface area contributed by atoms with Crippen LogP contribution in [0.4, 0.5) is 17.1 Å². The number of carbonyl (C=O) groups is 7. The number of aromatic nitrogens is 1. The van der Waals surface area contributed by atoms with Crippen molar-refractivity contribution in [3.63, 3.8) is 0 Å². The fourth-order valence-electron chi connectivity index (χ4n) is 12.2. The van der Waals surface area contributed by atoms with Crippen LogP contribution >= 0.6 is 0 Å². The van der Waals surface area contributed by atoms with Crippen molar-refractivity contribution in [3.05, 3.63) is 172 Å². The SMILES string of the molecule is COc1cc(COc2cc3c(cc2OC)C(=O)N2Cc4ccccc4C[C@H]2C=N3)nc(COc2cc3c(cc2OC)C(=O)N2Cc4ccccc4CC2C(O)N3C(O)OCc2ccc(NC(=O)[C@H](C)NC(=O)[C@@H](NC(=O)CCCCCN3C(=O)C=CC3=O)C(C)C)cc2)c1. The molecule has 11 rings (SSSR count). The minimum absolute atomic E-state index is 0.0523. The van der Waals surface area contributed by atoms with Gasteiger partial charge >= 0.3 is 0 Å². The fourth-order valence-corrected chi connectivity index (χ4v) is 12.2. The summed E-state index contributed by atoms with van der Waals surface area (Å²) < 4.78 is 36.2. The molecule has 7 amide bonds. The number of rotatable bonds is 25. The Morgan fingerprint density at radius 1 is 0.649 bits per heavy atom. The molecule has 3 unspecified atom stereocenters. The largest absolute Gasteiger partial charge is 0.497 e. The fraction of sp³-hybridized carbons (Fsp3) is 0.357. The molecule has 24 heteroatoms. The number of aliphatic hydroxyl groups is 2. The number of ether oxygens (including phenoxy) is 6. The molecule has 0 fully saturated rings. The number of anilines is 2. The van der Waals surface area contributed by atoms with Crippen LogP contribution in [0.2, 0.25) is 0 Å². The topological polar surface area (TPSA) is 290 Å². The first kappa shape index (κ1) is 65.3. The number of aliphatic hydroxyl groups excluding tert-OH is 2. The van der Waals surface area contributed by atoms with Gasteiger partial charge in [-0.05, 0) is 90.6 Å². The third kappa shape index (κ3) is 14.4. The maximum Gasteiger partial charge on any atom is 0.257 e. The summed E-state index contributed by atoms with van der Waals surface area (Å²) in [6, 6.07) is 29.1. The van der Waals surface area contributed by atoms with E-state index in [0.717, 1.165) is 21.6 Å². The number of hydrogen-bond donors (Lipinski definition) is 5. The summed E-state index contributed by atoms with van der Waals surface area (Å²) in [7, 11) is 4.45. The van der Waals surface area contributed by atoms with Crippen molar-refractivity contribution in [2.24, 2.45) is 10.9 Å². The number of amides is 7. The number of pyridine rings is 1. The maximum absolute atomic E-state index is 14.8. The zero-order valence-electron chi connectivity index (χ0n) is 53.0. The molecular weight excluding hydrogens is 1210 g/mol. The zero-order valence-corrected chi connectivity index (χ0v) is 53.0. The summed E-state index contributed by atoms with van der Waals surface area (Å²) in [4.78, 5) is 108. The molecule has 1 aromatic heterocycles. The number of imide groups is 1. The number of fused-ring (bicyclic) bond motifs is 6. The van der Waals surface area contributed by atoms with Gasteiger partial charge in [0, 0.05) is 74.4 Å². The van der Waals surface area contributed by atoms with Crippen LogP contribution in [0, 0.1) is 5.92 Å². The second kappa shape index (κ2) is 28.8. The van der Waals surface area contributed by atoms with E-state index in [4.69, 9.17) is 38.4 Å². The second-order valence-electron chi connectivity index (χ2n) is 24.0. The maximum atomic E-state index is 14.8. The molecule has 0 aliphatic carbocycles. The predicted octanol–water partition coefficient (Wildman–Crippen LogP) is 6.82. The predicted molar refractivity (Wildman–Crippen MR) is 344 cm³/mol. The van der Waals surface area contributed by atoms with Crippen LogP contribution in [0.15, 0.2) is 126 Å². The van der Waals surface area contributed by atoms with Crippen LogP contribution in [-0.2, 0) is 74.5 Å². The second-order valence-corrected chi connectivity index (χ2v) is 24.0. The van der Waals surface area contributed by atoms with Crippen LogP contribution in [-0.4, -0.2) is 142 Å². The Kier molecular flexibility index (Phi) is 20.0. The molecule has 0 spiro atoms. The van der Waals surface area contributed by atoms with Crippen LogP contribution in [0.1, 0.15) is 106 Å². The highest BCUT2D eigenvalue weighted by Crippen LogP contribution is 2.43. The molecule has 5 aromatic carbocycles. The number of nitrogens with zero attached hydrogens (tertiary/aromatic N) is 6. The van der Waals surface area contributed by atoms with Crippen LogP contribution < -0.4 is 44.5 Å². The summed E-state index contributed by atoms with van der Waals surface area (Å²) in [6.45, 7) is 5.57. The molecular formula is C70H75N9O15. The van der Waals surface area contributed by atoms with E-state index in [-0.39, 0.29) is 104 Å². The smallest absolute Gasteiger partial charge is 0.257 e. The standard InChI is InChI=1S/C70H75N9O15/c1-40(2)64(75-61(80)18-8-7-13-25-76-62(81)23-24-63(76)82)66(84)72-41(3)65(83)74-47-21-19-42(20-22-47)37-94-70(88)79-55-33-60(58(91-6)31-53(55)68(86)78-36-46-17-12-10-15-44(46)27-56(78)69(79)87)93-39-49-29-51(89-4)28-48(73-49)38-92-59-32-54-52(30-57(59)90-5)67(85)77-35-45-16-11-9-14-43(45)26-50(77)34-71-54/h9-12,14-17,19-24,28-34,40-41,50,56,64,69-70,87-88H,7-8,13,18,25-27,35-39H2,1-6H3,(H,72,84)(H,74,83)(H,75,80)/t41-,50-,56?,64-,69?,70?/m0/s1. The minimum atomic E-state index is -1.85. The number of hydrogen-bond acceptors (Lipinski definition) is 18. The molecule has 0 radical (unpaired) electrons. The average Bonchev–Trinajstić information content (AvgIpc) is 1.58. The monoisotopic (exact) mass is 1280 g/mol. The summed E-state index contributed by atoms with van der Waals surface area (Å²) in [5, 5.41) is 32.9. The van der Waals surface area contributed by atoms with Crippen LogP contribution in [0.5, 0.6) is 28.7 Å². The Morgan fingerprint density at radius 3 is 1.89 bits per heavy atom. The van der Waals surface area contributed by atoms with Gasteiger partial charge in [0.1, 0.15) is 31.0 Å². The molecule has 5 aliphatic rings. The van der Waals surface area contributed by atoms with E-state index in [9.17, 15) is 43.8 Å². The Hall–Kier alpha value is -10.2. The number of nitrogens with one attached hydrogen (secondary N) is 3. The lowest BCUT2D eigenvalue weighted by atomic mass is 9.93. The van der Waals surface area contributed by atoms with Crippen LogP contribution in [0.25, 0.3) is 0 Å². The van der Waals surface area contributed by atoms with Gasteiger partial charge in [0.25, 0.3) is 23.6 Å². The first-order valence-corrected chi connectivity index (χ1v) is 31.2. The molecule has 5 N–H and O–H groups in total. The van der Waals surface area contributed by atoms with E-state index in [1.807, 2.05) is 53.6 Å². The van der Waals surface area contributed by atoms with Crippen molar-refractivity contribution in [1.82, 2.24) is 30.3 Å². The normalized spacial score (nSPS) is 17.9. The lowest BCUT2D eigenvalue weighted by Crippen LogP contribution is -2.57. The van der Waals surface area contributed by atoms with Gasteiger partial charge in [0.05, 0.1) is 73.9 Å². The van der Waals surface area contributed by atoms with Gasteiger partial charge in [-0.2, -0.15) is 0 Å². The van der Waals surface area contributed by atoms with Crippen molar-refractivity contribution in [2.75, 3.05) is 38.1 Å². The lowest BCUT2D eigenvalue weighted by molar-refractivity contribution is -0.137. The van der Waals surface area contributed by atoms with Crippen molar-refractivity contribution in [3.8, 4) is 28.7 Å². The zero-order chi connectivity index (χ0) is 66.3. The quantitative estimate of drug-likeness (QED) is 0.0223. The summed E-state index contributed by atoms with van der Waals surface area (Å²) in [6.07, 6.45) is 3.54. The third-order valence-corrected chi connectivity index (χ3v) is 17.4. The van der Waals surface area contributed by atoms with Gasteiger partial charge < -0.3 is 64.4 Å². The molecule has 5 aliphatic heterocycles. The highest BCUT2D eigenvalue weighted by molar-refractivity contribution is 6.13. The molecule has 0 bridgehead atoms. The molecule has 0 saturated heterocycles. The van der Waals surface area contributed by atoms with Crippen molar-refractivity contribution < 1.29 is 72.2 Å². The van der Waals surface area contributed by atoms with Crippen molar-refractivity contribution in [1.29, 1.82) is 0 Å². The first-order valence-electron chi connectivity index (χ1n) is 31.2. The molecule has 24 nitrogen and oxygen atoms in total. The Labute approximate surface area is 543 Å². The van der Waals surface area contributed by atoms with E-state index in [2.05, 4.69) is 22.0 Å². The van der Waals surface area contributed by atoms with E-state index in [1.165, 1.54) is 63.0 Å². The van der Waals surface area contributed by atoms with Crippen molar-refractivity contribution >= 4 is 64.6 Å². The summed E-state index contributed by atoms with van der Waals surface area (Å²) in [5.74, 6) is -1.58. The number of aliphatic imine (C=N–C) groups is 1. The summed E-state index contributed by atoms with van der Waals surface area (Å²) >= 11 is 0. The first-order chi connectivity index (χ1) is 45.4. The van der Waals surface area contributed by atoms with Gasteiger partial charge in [-0.15, -0.1) is 0 Å². The number of carbonyl (C=O) groups excluding carboxylic acids is 7. The highest BCUT2D eigenvalue weighted by atomic mass is 16.6. The van der Waals surface area contributed by atoms with Gasteiger partial charge in [0.2, 0.25) is 24.1 Å².